The Balaban J connectivity index is 1.43. The number of methoxy groups -OCH3 is 1. The van der Waals surface area contributed by atoms with Crippen molar-refractivity contribution in [1.29, 1.82) is 0 Å². The van der Waals surface area contributed by atoms with E-state index in [2.05, 4.69) is 29.2 Å². The summed E-state index contributed by atoms with van der Waals surface area (Å²) in [5, 5.41) is 0.605. The molecule has 0 fully saturated rings. The maximum absolute atomic E-state index is 14.2. The Bertz CT molecular complexity index is 1500. The first kappa shape index (κ1) is 27.6. The molecule has 0 N–H and O–H groups in total. The number of para-hydroxylation sites is 1. The minimum Gasteiger partial charge on any atom is -0.493 e. The smallest absolute Gasteiger partial charge is 0.341 e. The van der Waals surface area contributed by atoms with Crippen LogP contribution in [0.25, 0.3) is 0 Å². The van der Waals surface area contributed by atoms with Crippen molar-refractivity contribution < 1.29 is 23.4 Å². The third kappa shape index (κ3) is 6.24. The average molecular weight is 559 g/mol. The maximum atomic E-state index is 14.2. The van der Waals surface area contributed by atoms with Crippen molar-refractivity contribution in [1.82, 2.24) is 4.90 Å². The Morgan fingerprint density at radius 1 is 1.07 bits per heavy atom. The predicted molar refractivity (Wildman–Crippen MR) is 156 cm³/mol. The molecule has 0 bridgehead atoms. The van der Waals surface area contributed by atoms with Crippen molar-refractivity contribution in [2.24, 2.45) is 4.99 Å². The lowest BCUT2D eigenvalue weighted by Gasteiger charge is -2.27. The first-order valence-corrected chi connectivity index (χ1v) is 14.0. The van der Waals surface area contributed by atoms with Gasteiger partial charge in [0.05, 0.1) is 19.3 Å². The van der Waals surface area contributed by atoms with Gasteiger partial charge in [-0.3, -0.25) is 4.90 Å². The molecule has 2 heterocycles. The van der Waals surface area contributed by atoms with Crippen molar-refractivity contribution in [3.8, 4) is 11.5 Å². The van der Waals surface area contributed by atoms with Gasteiger partial charge in [-0.15, -0.1) is 11.3 Å². The van der Waals surface area contributed by atoms with Crippen molar-refractivity contribution in [2.75, 3.05) is 20.3 Å². The summed E-state index contributed by atoms with van der Waals surface area (Å²) in [6, 6.07) is 22.3. The first-order valence-electron chi connectivity index (χ1n) is 13.2. The van der Waals surface area contributed by atoms with Crippen LogP contribution in [0.4, 0.5) is 9.39 Å². The van der Waals surface area contributed by atoms with Gasteiger partial charge < -0.3 is 14.2 Å². The first-order chi connectivity index (χ1) is 19.6. The Hall–Kier alpha value is -4.01. The minimum atomic E-state index is -0.356. The summed E-state index contributed by atoms with van der Waals surface area (Å²) in [5.74, 6) is 0.264. The van der Waals surface area contributed by atoms with Gasteiger partial charge >= 0.3 is 5.97 Å². The number of halogens is 1. The lowest BCUT2D eigenvalue weighted by Crippen LogP contribution is -2.29. The van der Waals surface area contributed by atoms with E-state index < -0.39 is 0 Å². The number of nitrogens with zero attached hydrogens (tertiary/aromatic N) is 2. The number of hydrogen-bond donors (Lipinski definition) is 0. The fraction of sp³-hybridized carbons (Fsp3) is 0.250. The minimum absolute atomic E-state index is 0.0342. The lowest BCUT2D eigenvalue weighted by molar-refractivity contribution is 0.0526. The second-order valence-corrected chi connectivity index (χ2v) is 10.5. The highest BCUT2D eigenvalue weighted by molar-refractivity contribution is 7.16. The van der Waals surface area contributed by atoms with E-state index in [0.717, 1.165) is 36.5 Å². The summed E-state index contributed by atoms with van der Waals surface area (Å²) in [7, 11) is 1.56. The zero-order chi connectivity index (χ0) is 27.9. The summed E-state index contributed by atoms with van der Waals surface area (Å²) < 4.78 is 31.2. The fourth-order valence-corrected chi connectivity index (χ4v) is 5.99. The summed E-state index contributed by atoms with van der Waals surface area (Å²) in [4.78, 5) is 21.3. The van der Waals surface area contributed by atoms with E-state index in [4.69, 9.17) is 19.2 Å². The molecule has 8 heteroatoms. The molecule has 0 aliphatic carbocycles. The Labute approximate surface area is 237 Å². The number of aliphatic imine (C=N–C) groups is 1. The van der Waals surface area contributed by atoms with Crippen molar-refractivity contribution in [3.05, 3.63) is 111 Å². The summed E-state index contributed by atoms with van der Waals surface area (Å²) >= 11 is 1.52. The third-order valence-electron chi connectivity index (χ3n) is 6.73. The number of carbonyl (C=O) groups is 1. The van der Waals surface area contributed by atoms with Gasteiger partial charge in [-0.2, -0.15) is 0 Å². The fourth-order valence-electron chi connectivity index (χ4n) is 4.77. The largest absolute Gasteiger partial charge is 0.493 e. The van der Waals surface area contributed by atoms with Crippen LogP contribution < -0.4 is 9.47 Å². The molecular formula is C32H31FN2O4S. The second-order valence-electron chi connectivity index (χ2n) is 9.37. The molecule has 4 aromatic rings. The van der Waals surface area contributed by atoms with E-state index in [1.807, 2.05) is 18.2 Å². The molecule has 0 saturated carbocycles. The van der Waals surface area contributed by atoms with Crippen LogP contribution in [0.2, 0.25) is 0 Å². The van der Waals surface area contributed by atoms with E-state index in [9.17, 15) is 9.18 Å². The zero-order valence-electron chi connectivity index (χ0n) is 22.6. The predicted octanol–water partition coefficient (Wildman–Crippen LogP) is 6.96. The number of fused-ring (bicyclic) bond motifs is 1. The van der Waals surface area contributed by atoms with Gasteiger partial charge in [0.15, 0.2) is 11.5 Å². The molecule has 6 nitrogen and oxygen atoms in total. The number of hydrogen-bond acceptors (Lipinski definition) is 7. The van der Waals surface area contributed by atoms with Crippen molar-refractivity contribution >= 4 is 28.5 Å². The molecule has 0 unspecified atom stereocenters. The zero-order valence-corrected chi connectivity index (χ0v) is 23.4. The number of benzene rings is 3. The van der Waals surface area contributed by atoms with Crippen molar-refractivity contribution in [2.45, 2.75) is 33.0 Å². The summed E-state index contributed by atoms with van der Waals surface area (Å²) in [6.45, 7) is 4.56. The van der Waals surface area contributed by atoms with Crippen LogP contribution in [0.1, 0.15) is 44.4 Å². The van der Waals surface area contributed by atoms with Crippen LogP contribution >= 0.6 is 11.3 Å². The van der Waals surface area contributed by atoms with E-state index in [0.29, 0.717) is 33.2 Å². The third-order valence-corrected chi connectivity index (χ3v) is 7.85. The molecule has 0 amide bonds. The SMILES string of the molecule is CCOC(=O)c1c(N=Cc2cccc(OC)c2OCc2ccccc2F)sc2c1CCN(Cc1ccccc1)C2. The van der Waals surface area contributed by atoms with Crippen molar-refractivity contribution in [3.63, 3.8) is 0 Å². The van der Waals surface area contributed by atoms with Gasteiger partial charge in [-0.1, -0.05) is 54.6 Å². The molecule has 1 aliphatic rings. The molecule has 0 atom stereocenters. The highest BCUT2D eigenvalue weighted by Crippen LogP contribution is 2.40. The van der Waals surface area contributed by atoms with Crippen LogP contribution in [-0.2, 0) is 30.9 Å². The van der Waals surface area contributed by atoms with Gasteiger partial charge in [0.2, 0.25) is 0 Å². The molecule has 1 aliphatic heterocycles. The topological polar surface area (TPSA) is 60.4 Å². The molecule has 0 spiro atoms. The molecule has 3 aromatic carbocycles. The van der Waals surface area contributed by atoms with Crippen LogP contribution in [0.5, 0.6) is 11.5 Å². The maximum Gasteiger partial charge on any atom is 0.341 e. The van der Waals surface area contributed by atoms with Crippen LogP contribution in [0, 0.1) is 5.82 Å². The number of ether oxygens (including phenoxy) is 3. The van der Waals surface area contributed by atoms with E-state index in [1.165, 1.54) is 23.0 Å². The van der Waals surface area contributed by atoms with Gasteiger partial charge in [0.1, 0.15) is 17.4 Å². The standard InChI is InChI=1S/C32H31FN2O4S/c1-3-38-32(36)29-25-16-17-35(19-22-10-5-4-6-11-22)20-28(25)40-31(29)34-18-23-13-9-15-27(37-2)30(23)39-21-24-12-7-8-14-26(24)33/h4-15,18H,3,16-17,19-21H2,1-2H3. The highest BCUT2D eigenvalue weighted by atomic mass is 32.1. The second kappa shape index (κ2) is 12.9. The Morgan fingerprint density at radius 2 is 1.88 bits per heavy atom. The van der Waals surface area contributed by atoms with Crippen LogP contribution in [0.15, 0.2) is 77.8 Å². The van der Waals surface area contributed by atoms with E-state index >= 15 is 0 Å². The molecule has 0 saturated heterocycles. The molecule has 0 radical (unpaired) electrons. The van der Waals surface area contributed by atoms with Crippen LogP contribution in [0.3, 0.4) is 0 Å². The van der Waals surface area contributed by atoms with E-state index in [-0.39, 0.29) is 25.0 Å². The van der Waals surface area contributed by atoms with Gasteiger partial charge in [0.25, 0.3) is 0 Å². The lowest BCUT2D eigenvalue weighted by atomic mass is 10.0. The van der Waals surface area contributed by atoms with Gasteiger partial charge in [-0.05, 0) is 42.7 Å². The number of carbonyl (C=O) groups excluding carboxylic acids is 1. The van der Waals surface area contributed by atoms with Gasteiger partial charge in [-0.25, -0.2) is 14.2 Å². The Kier molecular flexibility index (Phi) is 8.88. The quantitative estimate of drug-likeness (QED) is 0.156. The Morgan fingerprint density at radius 3 is 2.65 bits per heavy atom. The summed E-state index contributed by atoms with van der Waals surface area (Å²) in [5.41, 5.74) is 3.90. The molecule has 5 rings (SSSR count). The molecule has 206 valence electrons. The average Bonchev–Trinajstić information content (AvgIpc) is 3.34. The monoisotopic (exact) mass is 558 g/mol. The van der Waals surface area contributed by atoms with Gasteiger partial charge in [0, 0.05) is 41.9 Å². The molecular weight excluding hydrogens is 527 g/mol. The van der Waals surface area contributed by atoms with E-state index in [1.54, 1.807) is 44.5 Å². The number of esters is 1. The number of thiophene rings is 1. The highest BCUT2D eigenvalue weighted by Gasteiger charge is 2.28. The number of rotatable bonds is 10. The van der Waals surface area contributed by atoms with Crippen LogP contribution in [-0.4, -0.2) is 37.3 Å². The summed E-state index contributed by atoms with van der Waals surface area (Å²) in [6.07, 6.45) is 2.42. The normalized spacial score (nSPS) is 13.3. The molecule has 1 aromatic heterocycles. The molecule has 40 heavy (non-hydrogen) atoms.